The van der Waals surface area contributed by atoms with E-state index in [1.165, 1.54) is 24.1 Å². The third kappa shape index (κ3) is 1.63. The molecule has 1 aromatic heterocycles. The molecule has 7 heteroatoms. The maximum Gasteiger partial charge on any atom is 0.298 e. The third-order valence-corrected chi connectivity index (χ3v) is 2.19. The maximum absolute atomic E-state index is 10.4. The third-order valence-electron chi connectivity index (χ3n) is 1.39. The van der Waals surface area contributed by atoms with Crippen LogP contribution >= 0.6 is 0 Å². The molecule has 6 nitrogen and oxygen atoms in total. The van der Waals surface area contributed by atoms with Crippen LogP contribution in [0.5, 0.6) is 0 Å². The molecule has 0 spiro atoms. The van der Waals surface area contributed by atoms with Gasteiger partial charge >= 0.3 is 0 Å². The van der Waals surface area contributed by atoms with Crippen molar-refractivity contribution >= 4 is 10.1 Å². The number of aliphatic hydroxyl groups excluding tert-OH is 1. The molecule has 1 aromatic rings. The molecular formula is C5H8N2O4S. The topological polar surface area (TPSA) is 92.4 Å². The summed E-state index contributed by atoms with van der Waals surface area (Å²) in [4.78, 5) is 3.58. The summed E-state index contributed by atoms with van der Waals surface area (Å²) in [5.41, 5.74) is -1.90. The Morgan fingerprint density at radius 3 is 2.58 bits per heavy atom. The van der Waals surface area contributed by atoms with Gasteiger partial charge in [-0.15, -0.1) is 0 Å². The lowest BCUT2D eigenvalue weighted by Gasteiger charge is -2.06. The number of nitrogens with zero attached hydrogens (tertiary/aromatic N) is 2. The predicted molar refractivity (Wildman–Crippen MR) is 39.7 cm³/mol. The van der Waals surface area contributed by atoms with Gasteiger partial charge in [-0.2, -0.15) is 8.42 Å². The maximum atomic E-state index is 10.4. The molecule has 2 N–H and O–H groups in total. The Labute approximate surface area is 69.2 Å². The van der Waals surface area contributed by atoms with E-state index in [2.05, 4.69) is 4.98 Å². The van der Waals surface area contributed by atoms with E-state index in [1.807, 2.05) is 0 Å². The number of hydrogen-bond acceptors (Lipinski definition) is 4. The fourth-order valence-corrected chi connectivity index (χ4v) is 1.29. The molecule has 1 atom stereocenters. The van der Waals surface area contributed by atoms with Crippen LogP contribution in [0.15, 0.2) is 12.5 Å². The highest BCUT2D eigenvalue weighted by Crippen LogP contribution is 2.15. The number of aryl methyl sites for hydroxylation is 1. The van der Waals surface area contributed by atoms with E-state index in [0.29, 0.717) is 0 Å². The van der Waals surface area contributed by atoms with Crippen molar-refractivity contribution < 1.29 is 18.1 Å². The van der Waals surface area contributed by atoms with E-state index in [9.17, 15) is 8.42 Å². The van der Waals surface area contributed by atoms with Crippen molar-refractivity contribution in [3.63, 3.8) is 0 Å². The monoisotopic (exact) mass is 192 g/mol. The van der Waals surface area contributed by atoms with Gasteiger partial charge in [0.1, 0.15) is 0 Å². The molecule has 0 aromatic carbocycles. The van der Waals surface area contributed by atoms with Crippen molar-refractivity contribution in [2.24, 2.45) is 7.05 Å². The summed E-state index contributed by atoms with van der Waals surface area (Å²) in [5, 5.41) is 9.03. The van der Waals surface area contributed by atoms with Gasteiger partial charge in [-0.1, -0.05) is 0 Å². The zero-order valence-corrected chi connectivity index (χ0v) is 7.06. The molecule has 0 amide bonds. The van der Waals surface area contributed by atoms with E-state index in [0.717, 1.165) is 0 Å². The van der Waals surface area contributed by atoms with Crippen LogP contribution < -0.4 is 0 Å². The molecule has 0 radical (unpaired) electrons. The summed E-state index contributed by atoms with van der Waals surface area (Å²) in [6.07, 6.45) is 2.49. The fourth-order valence-electron chi connectivity index (χ4n) is 0.758. The van der Waals surface area contributed by atoms with Crippen LogP contribution in [0.3, 0.4) is 0 Å². The van der Waals surface area contributed by atoms with Crippen LogP contribution in [0.4, 0.5) is 0 Å². The number of aliphatic hydroxyl groups is 1. The van der Waals surface area contributed by atoms with E-state index >= 15 is 0 Å². The van der Waals surface area contributed by atoms with Gasteiger partial charge < -0.3 is 9.67 Å². The average Bonchev–Trinajstić information content (AvgIpc) is 2.31. The lowest BCUT2D eigenvalue weighted by atomic mass is 10.5. The van der Waals surface area contributed by atoms with Gasteiger partial charge in [0.25, 0.3) is 10.1 Å². The van der Waals surface area contributed by atoms with Crippen molar-refractivity contribution in [2.45, 2.75) is 5.44 Å². The molecule has 0 fully saturated rings. The Morgan fingerprint density at radius 2 is 2.25 bits per heavy atom. The van der Waals surface area contributed by atoms with Crippen LogP contribution in [-0.4, -0.2) is 27.6 Å². The standard InChI is InChI=1S/C5H8N2O4S/c1-7-3-6-2-4(7)5(8)12(9,10)11/h2-3,5,8H,1H3,(H,9,10,11). The Hall–Kier alpha value is -0.920. The minimum absolute atomic E-state index is 0.0255. The molecule has 1 rings (SSSR count). The van der Waals surface area contributed by atoms with Crippen molar-refractivity contribution in [2.75, 3.05) is 0 Å². The molecule has 0 saturated heterocycles. The summed E-state index contributed by atoms with van der Waals surface area (Å²) in [7, 11) is -2.94. The first-order chi connectivity index (χ1) is 5.43. The van der Waals surface area contributed by atoms with Gasteiger partial charge in [0.15, 0.2) is 0 Å². The molecular weight excluding hydrogens is 184 g/mol. The second-order valence-corrected chi connectivity index (χ2v) is 3.77. The van der Waals surface area contributed by atoms with Gasteiger partial charge in [0.05, 0.1) is 18.2 Å². The molecule has 0 aliphatic carbocycles. The zero-order chi connectivity index (χ0) is 9.35. The molecule has 1 unspecified atom stereocenters. The second-order valence-electron chi connectivity index (χ2n) is 2.30. The van der Waals surface area contributed by atoms with Crippen molar-refractivity contribution in [1.82, 2.24) is 9.55 Å². The van der Waals surface area contributed by atoms with Crippen molar-refractivity contribution in [1.29, 1.82) is 0 Å². The van der Waals surface area contributed by atoms with Crippen LogP contribution in [-0.2, 0) is 17.2 Å². The largest absolute Gasteiger partial charge is 0.370 e. The molecule has 0 aliphatic heterocycles. The van der Waals surface area contributed by atoms with E-state index in [4.69, 9.17) is 9.66 Å². The van der Waals surface area contributed by atoms with Crippen LogP contribution in [0.2, 0.25) is 0 Å². The highest BCUT2D eigenvalue weighted by atomic mass is 32.2. The fraction of sp³-hybridized carbons (Fsp3) is 0.400. The summed E-state index contributed by atoms with van der Waals surface area (Å²) in [6, 6.07) is 0. The van der Waals surface area contributed by atoms with Crippen LogP contribution in [0.1, 0.15) is 11.1 Å². The van der Waals surface area contributed by atoms with E-state index in [1.54, 1.807) is 0 Å². The first-order valence-electron chi connectivity index (χ1n) is 3.03. The number of imidazole rings is 1. The van der Waals surface area contributed by atoms with Crippen molar-refractivity contribution in [3.8, 4) is 0 Å². The van der Waals surface area contributed by atoms with Crippen LogP contribution in [0.25, 0.3) is 0 Å². The zero-order valence-electron chi connectivity index (χ0n) is 6.25. The lowest BCUT2D eigenvalue weighted by Crippen LogP contribution is -2.14. The number of hydrogen-bond donors (Lipinski definition) is 2. The number of rotatable bonds is 2. The molecule has 0 bridgehead atoms. The Bertz CT molecular complexity index is 369. The molecule has 68 valence electrons. The van der Waals surface area contributed by atoms with Gasteiger partial charge in [-0.25, -0.2) is 4.98 Å². The Kier molecular flexibility index (Phi) is 2.18. The van der Waals surface area contributed by atoms with Gasteiger partial charge in [-0.05, 0) is 0 Å². The minimum Gasteiger partial charge on any atom is -0.370 e. The van der Waals surface area contributed by atoms with Gasteiger partial charge in [0.2, 0.25) is 5.44 Å². The summed E-state index contributed by atoms with van der Waals surface area (Å²) < 4.78 is 30.7. The SMILES string of the molecule is Cn1cncc1C(O)S(=O)(=O)O. The van der Waals surface area contributed by atoms with Crippen molar-refractivity contribution in [3.05, 3.63) is 18.2 Å². The minimum atomic E-state index is -4.45. The second kappa shape index (κ2) is 2.85. The smallest absolute Gasteiger partial charge is 0.298 e. The summed E-state index contributed by atoms with van der Waals surface area (Å²) in [6.45, 7) is 0. The number of aromatic nitrogens is 2. The van der Waals surface area contributed by atoms with Gasteiger partial charge in [0, 0.05) is 7.05 Å². The highest BCUT2D eigenvalue weighted by Gasteiger charge is 2.24. The highest BCUT2D eigenvalue weighted by molar-refractivity contribution is 7.85. The van der Waals surface area contributed by atoms with E-state index in [-0.39, 0.29) is 5.69 Å². The molecule has 0 saturated carbocycles. The molecule has 12 heavy (non-hydrogen) atoms. The van der Waals surface area contributed by atoms with Gasteiger partial charge in [-0.3, -0.25) is 4.55 Å². The molecule has 0 aliphatic rings. The lowest BCUT2D eigenvalue weighted by molar-refractivity contribution is 0.230. The summed E-state index contributed by atoms with van der Waals surface area (Å²) in [5.74, 6) is 0. The normalized spacial score (nSPS) is 14.6. The Balaban J connectivity index is 3.09. The first kappa shape index (κ1) is 9.17. The first-order valence-corrected chi connectivity index (χ1v) is 4.54. The Morgan fingerprint density at radius 1 is 1.67 bits per heavy atom. The quantitative estimate of drug-likeness (QED) is 0.604. The summed E-state index contributed by atoms with van der Waals surface area (Å²) >= 11 is 0. The molecule has 1 heterocycles. The van der Waals surface area contributed by atoms with E-state index < -0.39 is 15.6 Å². The predicted octanol–water partition coefficient (Wildman–Crippen LogP) is -0.701. The van der Waals surface area contributed by atoms with Crippen LogP contribution in [0, 0.1) is 0 Å². The average molecular weight is 192 g/mol.